The lowest BCUT2D eigenvalue weighted by Gasteiger charge is -2.28. The number of rotatable bonds is 4. The van der Waals surface area contributed by atoms with Crippen LogP contribution in [0.3, 0.4) is 0 Å². The molecule has 0 saturated carbocycles. The summed E-state index contributed by atoms with van der Waals surface area (Å²) in [4.78, 5) is 26.6. The van der Waals surface area contributed by atoms with Gasteiger partial charge in [0, 0.05) is 18.6 Å². The molecule has 0 atom stereocenters. The summed E-state index contributed by atoms with van der Waals surface area (Å²) in [5.41, 5.74) is 0.388. The van der Waals surface area contributed by atoms with Gasteiger partial charge in [0.2, 0.25) is 5.91 Å². The molecule has 0 bridgehead atoms. The van der Waals surface area contributed by atoms with E-state index in [2.05, 4.69) is 5.32 Å². The molecular formula is C18H27N3O4S. The number of urea groups is 1. The highest BCUT2D eigenvalue weighted by atomic mass is 32.2. The van der Waals surface area contributed by atoms with E-state index in [-0.39, 0.29) is 4.90 Å². The molecule has 0 radical (unpaired) electrons. The first kappa shape index (κ1) is 20.2. The van der Waals surface area contributed by atoms with Crippen LogP contribution >= 0.6 is 0 Å². The average molecular weight is 381 g/mol. The molecule has 1 N–H and O–H groups in total. The van der Waals surface area contributed by atoms with Crippen molar-refractivity contribution in [1.82, 2.24) is 14.5 Å². The second-order valence-corrected chi connectivity index (χ2v) is 9.46. The second-order valence-electron chi connectivity index (χ2n) is 7.60. The van der Waals surface area contributed by atoms with E-state index in [0.29, 0.717) is 17.4 Å². The summed E-state index contributed by atoms with van der Waals surface area (Å²) in [6, 6.07) is 5.60. The van der Waals surface area contributed by atoms with Gasteiger partial charge in [-0.25, -0.2) is 17.5 Å². The SMILES string of the molecule is Cc1ccc(S(=O)(=O)N(CC(=O)NC(C)(C)C)C(=O)N2CCCC2)cc1. The molecule has 1 aromatic rings. The summed E-state index contributed by atoms with van der Waals surface area (Å²) in [6.07, 6.45) is 1.66. The molecule has 1 saturated heterocycles. The normalized spacial score (nSPS) is 15.0. The van der Waals surface area contributed by atoms with Crippen LogP contribution in [0.25, 0.3) is 0 Å². The maximum absolute atomic E-state index is 13.0. The Bertz CT molecular complexity index is 761. The largest absolute Gasteiger partial charge is 0.350 e. The van der Waals surface area contributed by atoms with Crippen molar-refractivity contribution in [2.24, 2.45) is 0 Å². The number of hydrogen-bond acceptors (Lipinski definition) is 4. The Morgan fingerprint density at radius 1 is 1.12 bits per heavy atom. The number of sulfonamides is 1. The van der Waals surface area contributed by atoms with Gasteiger partial charge in [-0.15, -0.1) is 0 Å². The number of nitrogens with one attached hydrogen (secondary N) is 1. The van der Waals surface area contributed by atoms with Crippen molar-refractivity contribution >= 4 is 22.0 Å². The van der Waals surface area contributed by atoms with Gasteiger partial charge in [0.05, 0.1) is 4.90 Å². The molecule has 26 heavy (non-hydrogen) atoms. The van der Waals surface area contributed by atoms with E-state index in [1.54, 1.807) is 32.9 Å². The van der Waals surface area contributed by atoms with E-state index in [1.165, 1.54) is 17.0 Å². The van der Waals surface area contributed by atoms with E-state index in [1.807, 2.05) is 6.92 Å². The maximum atomic E-state index is 13.0. The molecule has 1 heterocycles. The van der Waals surface area contributed by atoms with Crippen molar-refractivity contribution in [2.45, 2.75) is 51.0 Å². The van der Waals surface area contributed by atoms with Crippen LogP contribution in [0, 0.1) is 6.92 Å². The predicted molar refractivity (Wildman–Crippen MR) is 99.2 cm³/mol. The summed E-state index contributed by atoms with van der Waals surface area (Å²) in [7, 11) is -4.12. The van der Waals surface area contributed by atoms with Crippen molar-refractivity contribution in [3.8, 4) is 0 Å². The maximum Gasteiger partial charge on any atom is 0.334 e. The van der Waals surface area contributed by atoms with Crippen molar-refractivity contribution in [3.63, 3.8) is 0 Å². The summed E-state index contributed by atoms with van der Waals surface area (Å²) in [5.74, 6) is -0.513. The quantitative estimate of drug-likeness (QED) is 0.865. The van der Waals surface area contributed by atoms with E-state index < -0.39 is 34.0 Å². The van der Waals surface area contributed by atoms with Gasteiger partial charge in [-0.1, -0.05) is 17.7 Å². The first-order chi connectivity index (χ1) is 12.0. The van der Waals surface area contributed by atoms with Crippen LogP contribution in [0.1, 0.15) is 39.2 Å². The first-order valence-electron chi connectivity index (χ1n) is 8.70. The minimum Gasteiger partial charge on any atom is -0.350 e. The van der Waals surface area contributed by atoms with Crippen LogP contribution in [0.5, 0.6) is 0 Å². The number of likely N-dealkylation sites (tertiary alicyclic amines) is 1. The third kappa shape index (κ3) is 4.97. The Morgan fingerprint density at radius 2 is 1.65 bits per heavy atom. The zero-order chi connectivity index (χ0) is 19.5. The fourth-order valence-corrected chi connectivity index (χ4v) is 4.09. The molecule has 2 rings (SSSR count). The van der Waals surface area contributed by atoms with Crippen LogP contribution in [0.2, 0.25) is 0 Å². The van der Waals surface area contributed by atoms with Crippen LogP contribution < -0.4 is 5.32 Å². The molecule has 3 amide bonds. The standard InChI is InChI=1S/C18H27N3O4S/c1-14-7-9-15(10-8-14)26(24,25)21(13-16(22)19-18(2,3)4)17(23)20-11-5-6-12-20/h7-10H,5-6,11-13H2,1-4H3,(H,19,22). The highest BCUT2D eigenvalue weighted by Crippen LogP contribution is 2.20. The highest BCUT2D eigenvalue weighted by Gasteiger charge is 2.35. The Morgan fingerprint density at radius 3 is 2.15 bits per heavy atom. The van der Waals surface area contributed by atoms with Crippen molar-refractivity contribution < 1.29 is 18.0 Å². The summed E-state index contributed by atoms with van der Waals surface area (Å²) >= 11 is 0. The third-order valence-electron chi connectivity index (χ3n) is 4.00. The monoisotopic (exact) mass is 381 g/mol. The zero-order valence-corrected chi connectivity index (χ0v) is 16.6. The molecular weight excluding hydrogens is 354 g/mol. The van der Waals surface area contributed by atoms with E-state index >= 15 is 0 Å². The van der Waals surface area contributed by atoms with Gasteiger partial charge < -0.3 is 10.2 Å². The smallest absolute Gasteiger partial charge is 0.334 e. The number of nitrogens with zero attached hydrogens (tertiary/aromatic N) is 2. The van der Waals surface area contributed by atoms with Crippen LogP contribution in [0.15, 0.2) is 29.2 Å². The number of carbonyl (C=O) groups is 2. The predicted octanol–water partition coefficient (Wildman–Crippen LogP) is 2.12. The van der Waals surface area contributed by atoms with Gasteiger partial charge in [0.1, 0.15) is 6.54 Å². The highest BCUT2D eigenvalue weighted by molar-refractivity contribution is 7.89. The zero-order valence-electron chi connectivity index (χ0n) is 15.8. The van der Waals surface area contributed by atoms with Crippen LogP contribution in [-0.4, -0.2) is 54.7 Å². The van der Waals surface area contributed by atoms with Gasteiger partial charge in [-0.3, -0.25) is 4.79 Å². The number of carbonyl (C=O) groups excluding carboxylic acids is 2. The van der Waals surface area contributed by atoms with Crippen molar-refractivity contribution in [2.75, 3.05) is 19.6 Å². The van der Waals surface area contributed by atoms with Gasteiger partial charge in [-0.2, -0.15) is 0 Å². The minimum atomic E-state index is -4.12. The Kier molecular flexibility index (Phi) is 5.95. The molecule has 1 aliphatic rings. The molecule has 0 aliphatic carbocycles. The van der Waals surface area contributed by atoms with Crippen molar-refractivity contribution in [1.29, 1.82) is 0 Å². The van der Waals surface area contributed by atoms with Gasteiger partial charge in [0.15, 0.2) is 0 Å². The molecule has 0 unspecified atom stereocenters. The summed E-state index contributed by atoms with van der Waals surface area (Å²) in [6.45, 7) is 7.70. The van der Waals surface area contributed by atoms with Gasteiger partial charge in [0.25, 0.3) is 10.0 Å². The van der Waals surface area contributed by atoms with Gasteiger partial charge in [-0.05, 0) is 52.7 Å². The Balaban J connectivity index is 2.34. The summed E-state index contributed by atoms with van der Waals surface area (Å²) < 4.78 is 26.8. The fraction of sp³-hybridized carbons (Fsp3) is 0.556. The van der Waals surface area contributed by atoms with Gasteiger partial charge >= 0.3 is 6.03 Å². The Labute approximate surface area is 155 Å². The number of aryl methyl sites for hydroxylation is 1. The molecule has 1 fully saturated rings. The number of amides is 3. The number of benzene rings is 1. The molecule has 1 aliphatic heterocycles. The first-order valence-corrected chi connectivity index (χ1v) is 10.1. The van der Waals surface area contributed by atoms with Crippen molar-refractivity contribution in [3.05, 3.63) is 29.8 Å². The molecule has 1 aromatic carbocycles. The summed E-state index contributed by atoms with van der Waals surface area (Å²) in [5, 5.41) is 2.71. The van der Waals surface area contributed by atoms with Crippen LogP contribution in [-0.2, 0) is 14.8 Å². The lowest BCUT2D eigenvalue weighted by atomic mass is 10.1. The Hall–Kier alpha value is -2.09. The molecule has 7 nitrogen and oxygen atoms in total. The molecule has 144 valence electrons. The second kappa shape index (κ2) is 7.65. The minimum absolute atomic E-state index is 0.000736. The van der Waals surface area contributed by atoms with E-state index in [0.717, 1.165) is 18.4 Å². The van der Waals surface area contributed by atoms with Crippen LogP contribution in [0.4, 0.5) is 4.79 Å². The van der Waals surface area contributed by atoms with E-state index in [9.17, 15) is 18.0 Å². The molecule has 0 spiro atoms. The molecule has 8 heteroatoms. The molecule has 0 aromatic heterocycles. The number of hydrogen-bond donors (Lipinski definition) is 1. The third-order valence-corrected chi connectivity index (χ3v) is 5.73. The van der Waals surface area contributed by atoms with E-state index in [4.69, 9.17) is 0 Å². The topological polar surface area (TPSA) is 86.8 Å². The average Bonchev–Trinajstić information content (AvgIpc) is 3.05. The lowest BCUT2D eigenvalue weighted by Crippen LogP contribution is -2.52. The lowest BCUT2D eigenvalue weighted by molar-refractivity contribution is -0.122. The fourth-order valence-electron chi connectivity index (χ4n) is 2.75.